The zero-order valence-electron chi connectivity index (χ0n) is 10.1. The maximum atomic E-state index is 11.8. The van der Waals surface area contributed by atoms with Gasteiger partial charge in [0.15, 0.2) is 0 Å². The highest BCUT2D eigenvalue weighted by Gasteiger charge is 2.12. The molecule has 0 saturated carbocycles. The van der Waals surface area contributed by atoms with Crippen LogP contribution in [0.25, 0.3) is 0 Å². The van der Waals surface area contributed by atoms with Gasteiger partial charge in [0.1, 0.15) is 5.75 Å². The number of amides is 1. The van der Waals surface area contributed by atoms with E-state index in [-0.39, 0.29) is 11.7 Å². The molecule has 18 heavy (non-hydrogen) atoms. The summed E-state index contributed by atoms with van der Waals surface area (Å²) >= 11 is 0. The van der Waals surface area contributed by atoms with Crippen molar-refractivity contribution >= 4 is 11.6 Å². The maximum Gasteiger partial charge on any atom is 0.294 e. The molecule has 1 aromatic carbocycles. The largest absolute Gasteiger partial charge is 0.491 e. The molecule has 0 aliphatic carbocycles. The molecule has 2 aromatic rings. The van der Waals surface area contributed by atoms with Crippen molar-refractivity contribution in [3.8, 4) is 5.75 Å². The fourth-order valence-corrected chi connectivity index (χ4v) is 1.42. The molecule has 2 rings (SSSR count). The highest BCUT2D eigenvalue weighted by Crippen LogP contribution is 2.24. The summed E-state index contributed by atoms with van der Waals surface area (Å²) in [5.74, 6) is 0.465. The van der Waals surface area contributed by atoms with Crippen LogP contribution in [0.3, 0.4) is 0 Å². The van der Waals surface area contributed by atoms with Crippen LogP contribution >= 0.6 is 0 Å². The Morgan fingerprint density at radius 3 is 2.94 bits per heavy atom. The summed E-state index contributed by atoms with van der Waals surface area (Å²) in [5, 5.41) is 6.21. The lowest BCUT2D eigenvalue weighted by Crippen LogP contribution is -2.12. The Hall–Kier alpha value is -2.30. The fraction of sp³-hybridized carbons (Fsp3) is 0.231. The number of hydrogen-bond donors (Lipinski definition) is 1. The number of rotatable bonds is 5. The number of para-hydroxylation sites is 2. The average molecular weight is 246 g/mol. The first kappa shape index (κ1) is 12.2. The minimum atomic E-state index is -0.347. The normalized spacial score (nSPS) is 10.1. The monoisotopic (exact) mass is 246 g/mol. The molecule has 0 spiro atoms. The number of ether oxygens (including phenoxy) is 1. The number of carbonyl (C=O) groups excluding carboxylic acids is 1. The van der Waals surface area contributed by atoms with Crippen LogP contribution in [0.15, 0.2) is 41.1 Å². The van der Waals surface area contributed by atoms with E-state index in [1.807, 2.05) is 25.1 Å². The van der Waals surface area contributed by atoms with E-state index in [1.165, 1.54) is 12.3 Å². The minimum Gasteiger partial charge on any atom is -0.491 e. The first-order chi connectivity index (χ1) is 8.81. The number of benzene rings is 1. The maximum absolute atomic E-state index is 11.8. The second-order valence-corrected chi connectivity index (χ2v) is 3.68. The van der Waals surface area contributed by atoms with Crippen molar-refractivity contribution in [2.75, 3.05) is 11.9 Å². The van der Waals surface area contributed by atoms with Crippen LogP contribution in [0.1, 0.15) is 23.9 Å². The Morgan fingerprint density at radius 2 is 2.22 bits per heavy atom. The van der Waals surface area contributed by atoms with Crippen LogP contribution in [0.4, 0.5) is 5.69 Å². The molecular weight excluding hydrogens is 232 g/mol. The van der Waals surface area contributed by atoms with Crippen LogP contribution in [0.2, 0.25) is 0 Å². The molecule has 5 heteroatoms. The Bertz CT molecular complexity index is 509. The summed E-state index contributed by atoms with van der Waals surface area (Å²) in [5.41, 5.74) is 0.618. The SMILES string of the molecule is CCCOc1ccccc1NC(=O)c1ccno1. The quantitative estimate of drug-likeness (QED) is 0.881. The Kier molecular flexibility index (Phi) is 3.96. The van der Waals surface area contributed by atoms with Crippen molar-refractivity contribution in [3.05, 3.63) is 42.3 Å². The second kappa shape index (κ2) is 5.86. The van der Waals surface area contributed by atoms with Crippen molar-refractivity contribution in [2.45, 2.75) is 13.3 Å². The van der Waals surface area contributed by atoms with E-state index >= 15 is 0 Å². The molecule has 0 atom stereocenters. The van der Waals surface area contributed by atoms with E-state index in [1.54, 1.807) is 6.07 Å². The van der Waals surface area contributed by atoms with Crippen LogP contribution in [-0.4, -0.2) is 17.7 Å². The van der Waals surface area contributed by atoms with Gasteiger partial charge in [-0.25, -0.2) is 0 Å². The Balaban J connectivity index is 2.11. The molecule has 1 heterocycles. The Labute approximate surface area is 105 Å². The molecule has 0 bridgehead atoms. The summed E-state index contributed by atoms with van der Waals surface area (Å²) in [6.45, 7) is 2.63. The van der Waals surface area contributed by atoms with Gasteiger partial charge in [0, 0.05) is 6.07 Å². The predicted octanol–water partition coefficient (Wildman–Crippen LogP) is 2.72. The molecule has 94 valence electrons. The van der Waals surface area contributed by atoms with E-state index in [0.29, 0.717) is 18.0 Å². The predicted molar refractivity (Wildman–Crippen MR) is 66.7 cm³/mol. The van der Waals surface area contributed by atoms with Crippen LogP contribution in [0, 0.1) is 0 Å². The molecule has 0 unspecified atom stereocenters. The molecule has 0 aliphatic heterocycles. The second-order valence-electron chi connectivity index (χ2n) is 3.68. The van der Waals surface area contributed by atoms with Crippen molar-refractivity contribution in [1.82, 2.24) is 5.16 Å². The van der Waals surface area contributed by atoms with Crippen LogP contribution < -0.4 is 10.1 Å². The molecule has 0 fully saturated rings. The number of nitrogens with zero attached hydrogens (tertiary/aromatic N) is 1. The summed E-state index contributed by atoms with van der Waals surface area (Å²) < 4.78 is 10.3. The highest BCUT2D eigenvalue weighted by molar-refractivity contribution is 6.02. The minimum absolute atomic E-state index is 0.167. The molecule has 0 saturated heterocycles. The number of carbonyl (C=O) groups is 1. The number of nitrogens with one attached hydrogen (secondary N) is 1. The molecule has 5 nitrogen and oxygen atoms in total. The molecular formula is C13H14N2O3. The third-order valence-corrected chi connectivity index (χ3v) is 2.26. The zero-order valence-corrected chi connectivity index (χ0v) is 10.1. The molecule has 1 aromatic heterocycles. The van der Waals surface area contributed by atoms with Gasteiger partial charge >= 0.3 is 0 Å². The van der Waals surface area contributed by atoms with Crippen LogP contribution in [-0.2, 0) is 0 Å². The topological polar surface area (TPSA) is 64.4 Å². The van der Waals surface area contributed by atoms with Gasteiger partial charge in [-0.2, -0.15) is 0 Å². The van der Waals surface area contributed by atoms with Crippen molar-refractivity contribution < 1.29 is 14.1 Å². The lowest BCUT2D eigenvalue weighted by molar-refractivity contribution is 0.0987. The lowest BCUT2D eigenvalue weighted by Gasteiger charge is -2.10. The third-order valence-electron chi connectivity index (χ3n) is 2.26. The van der Waals surface area contributed by atoms with Gasteiger partial charge in [-0.1, -0.05) is 24.2 Å². The van der Waals surface area contributed by atoms with Crippen LogP contribution in [0.5, 0.6) is 5.75 Å². The Morgan fingerprint density at radius 1 is 1.39 bits per heavy atom. The fourth-order valence-electron chi connectivity index (χ4n) is 1.42. The average Bonchev–Trinajstić information content (AvgIpc) is 2.91. The molecule has 0 radical (unpaired) electrons. The summed E-state index contributed by atoms with van der Waals surface area (Å²) in [6, 6.07) is 8.78. The summed E-state index contributed by atoms with van der Waals surface area (Å²) in [7, 11) is 0. The van der Waals surface area contributed by atoms with E-state index in [4.69, 9.17) is 9.26 Å². The summed E-state index contributed by atoms with van der Waals surface area (Å²) in [4.78, 5) is 11.8. The highest BCUT2D eigenvalue weighted by atomic mass is 16.5. The van der Waals surface area contributed by atoms with Crippen molar-refractivity contribution in [1.29, 1.82) is 0 Å². The van der Waals surface area contributed by atoms with E-state index < -0.39 is 0 Å². The lowest BCUT2D eigenvalue weighted by atomic mass is 10.3. The number of anilines is 1. The first-order valence-corrected chi connectivity index (χ1v) is 5.75. The van der Waals surface area contributed by atoms with Gasteiger partial charge in [0.25, 0.3) is 5.91 Å². The van der Waals surface area contributed by atoms with E-state index in [9.17, 15) is 4.79 Å². The van der Waals surface area contributed by atoms with Gasteiger partial charge < -0.3 is 14.6 Å². The van der Waals surface area contributed by atoms with Gasteiger partial charge in [-0.15, -0.1) is 0 Å². The third kappa shape index (κ3) is 2.88. The number of aromatic nitrogens is 1. The van der Waals surface area contributed by atoms with E-state index in [0.717, 1.165) is 6.42 Å². The number of hydrogen-bond acceptors (Lipinski definition) is 4. The van der Waals surface area contributed by atoms with Gasteiger partial charge in [0.05, 0.1) is 18.5 Å². The first-order valence-electron chi connectivity index (χ1n) is 5.75. The van der Waals surface area contributed by atoms with Crippen molar-refractivity contribution in [3.63, 3.8) is 0 Å². The standard InChI is InChI=1S/C13H14N2O3/c1-2-9-17-11-6-4-3-5-10(11)15-13(16)12-7-8-14-18-12/h3-8H,2,9H2,1H3,(H,15,16). The van der Waals surface area contributed by atoms with E-state index in [2.05, 4.69) is 10.5 Å². The smallest absolute Gasteiger partial charge is 0.294 e. The molecule has 1 N–H and O–H groups in total. The van der Waals surface area contributed by atoms with Gasteiger partial charge in [-0.3, -0.25) is 4.79 Å². The molecule has 0 aliphatic rings. The summed E-state index contributed by atoms with van der Waals surface area (Å²) in [6.07, 6.45) is 2.33. The van der Waals surface area contributed by atoms with Crippen molar-refractivity contribution in [2.24, 2.45) is 0 Å². The molecule has 1 amide bonds. The van der Waals surface area contributed by atoms with Gasteiger partial charge in [0.2, 0.25) is 5.76 Å². The van der Waals surface area contributed by atoms with Gasteiger partial charge in [-0.05, 0) is 18.6 Å². The zero-order chi connectivity index (χ0) is 12.8.